The number of hydrogen-bond acceptors (Lipinski definition) is 2. The fourth-order valence-corrected chi connectivity index (χ4v) is 2.01. The second kappa shape index (κ2) is 5.76. The topological polar surface area (TPSA) is 55.1 Å². The lowest BCUT2D eigenvalue weighted by Crippen LogP contribution is -2.26. The highest BCUT2D eigenvalue weighted by atomic mass is 35.5. The maximum Gasteiger partial charge on any atom is 0.253 e. The number of nitrogens with one attached hydrogen (secondary N) is 1. The Morgan fingerprint density at radius 1 is 1.16 bits per heavy atom. The monoisotopic (exact) mass is 274 g/mol. The van der Waals surface area contributed by atoms with Crippen molar-refractivity contribution in [1.82, 2.24) is 5.32 Å². The molecule has 0 saturated heterocycles. The van der Waals surface area contributed by atoms with E-state index in [2.05, 4.69) is 5.32 Å². The summed E-state index contributed by atoms with van der Waals surface area (Å²) < 4.78 is 0. The molecule has 0 radical (unpaired) electrons. The zero-order chi connectivity index (χ0) is 13.8. The van der Waals surface area contributed by atoms with Gasteiger partial charge in [-0.2, -0.15) is 0 Å². The van der Waals surface area contributed by atoms with E-state index in [0.717, 1.165) is 5.56 Å². The van der Waals surface area contributed by atoms with Gasteiger partial charge in [-0.3, -0.25) is 4.79 Å². The van der Waals surface area contributed by atoms with Gasteiger partial charge in [0.2, 0.25) is 0 Å². The molecule has 19 heavy (non-hydrogen) atoms. The number of benzene rings is 2. The largest absolute Gasteiger partial charge is 0.399 e. The normalized spacial score (nSPS) is 11.9. The minimum atomic E-state index is -0.185. The second-order valence-electron chi connectivity index (χ2n) is 4.34. The first-order valence-corrected chi connectivity index (χ1v) is 6.36. The summed E-state index contributed by atoms with van der Waals surface area (Å²) in [4.78, 5) is 12.1. The van der Waals surface area contributed by atoms with Crippen LogP contribution in [0.15, 0.2) is 48.5 Å². The van der Waals surface area contributed by atoms with Crippen LogP contribution >= 0.6 is 11.6 Å². The number of carbonyl (C=O) groups excluding carboxylic acids is 1. The first kappa shape index (κ1) is 13.4. The molecule has 0 fully saturated rings. The first-order chi connectivity index (χ1) is 9.08. The number of rotatable bonds is 3. The highest BCUT2D eigenvalue weighted by Gasteiger charge is 2.13. The number of carbonyl (C=O) groups is 1. The predicted molar refractivity (Wildman–Crippen MR) is 78.2 cm³/mol. The van der Waals surface area contributed by atoms with Gasteiger partial charge in [0, 0.05) is 5.69 Å². The van der Waals surface area contributed by atoms with Crippen molar-refractivity contribution in [2.45, 2.75) is 13.0 Å². The molecule has 0 bridgehead atoms. The summed E-state index contributed by atoms with van der Waals surface area (Å²) in [6.45, 7) is 1.92. The highest BCUT2D eigenvalue weighted by Crippen LogP contribution is 2.18. The molecule has 3 N–H and O–H groups in total. The van der Waals surface area contributed by atoms with Crippen LogP contribution in [0.4, 0.5) is 5.69 Å². The molecule has 0 aliphatic heterocycles. The zero-order valence-corrected chi connectivity index (χ0v) is 11.3. The maximum atomic E-state index is 12.1. The van der Waals surface area contributed by atoms with Gasteiger partial charge in [-0.25, -0.2) is 0 Å². The van der Waals surface area contributed by atoms with E-state index in [4.69, 9.17) is 17.3 Å². The van der Waals surface area contributed by atoms with E-state index in [-0.39, 0.29) is 11.9 Å². The van der Waals surface area contributed by atoms with Crippen LogP contribution in [0.2, 0.25) is 5.02 Å². The molecule has 1 atom stereocenters. The fourth-order valence-electron chi connectivity index (χ4n) is 1.79. The number of halogens is 1. The van der Waals surface area contributed by atoms with E-state index < -0.39 is 0 Å². The van der Waals surface area contributed by atoms with Crippen molar-refractivity contribution in [1.29, 1.82) is 0 Å². The molecule has 3 nitrogen and oxygen atoms in total. The van der Waals surface area contributed by atoms with Crippen molar-refractivity contribution < 1.29 is 4.79 Å². The summed E-state index contributed by atoms with van der Waals surface area (Å²) in [6.07, 6.45) is 0. The van der Waals surface area contributed by atoms with Gasteiger partial charge in [0.15, 0.2) is 0 Å². The number of amides is 1. The van der Waals surface area contributed by atoms with Crippen molar-refractivity contribution in [3.63, 3.8) is 0 Å². The lowest BCUT2D eigenvalue weighted by Gasteiger charge is -2.15. The van der Waals surface area contributed by atoms with E-state index in [1.54, 1.807) is 24.3 Å². The van der Waals surface area contributed by atoms with Crippen molar-refractivity contribution in [2.75, 3.05) is 5.73 Å². The van der Waals surface area contributed by atoms with Gasteiger partial charge in [0.25, 0.3) is 5.91 Å². The number of nitrogen functional groups attached to an aromatic ring is 1. The van der Waals surface area contributed by atoms with Gasteiger partial charge in [-0.15, -0.1) is 0 Å². The van der Waals surface area contributed by atoms with Crippen LogP contribution in [-0.4, -0.2) is 5.91 Å². The third kappa shape index (κ3) is 3.26. The number of anilines is 1. The molecule has 0 saturated carbocycles. The van der Waals surface area contributed by atoms with E-state index in [1.165, 1.54) is 0 Å². The SMILES string of the molecule is CC(NC(=O)c1ccccc1Cl)c1ccc(N)cc1. The van der Waals surface area contributed by atoms with Crippen molar-refractivity contribution in [2.24, 2.45) is 0 Å². The van der Waals surface area contributed by atoms with Gasteiger partial charge in [-0.1, -0.05) is 35.9 Å². The highest BCUT2D eigenvalue weighted by molar-refractivity contribution is 6.33. The Hall–Kier alpha value is -2.00. The Balaban J connectivity index is 2.11. The molecule has 2 rings (SSSR count). The lowest BCUT2D eigenvalue weighted by atomic mass is 10.1. The lowest BCUT2D eigenvalue weighted by molar-refractivity contribution is 0.0940. The zero-order valence-electron chi connectivity index (χ0n) is 10.6. The molecule has 0 spiro atoms. The van der Waals surface area contributed by atoms with E-state index in [9.17, 15) is 4.79 Å². The quantitative estimate of drug-likeness (QED) is 0.843. The maximum absolute atomic E-state index is 12.1. The number of nitrogens with two attached hydrogens (primary N) is 1. The summed E-state index contributed by atoms with van der Waals surface area (Å²) in [5.74, 6) is -0.185. The molecule has 0 aliphatic rings. The Kier molecular flexibility index (Phi) is 4.07. The molecular weight excluding hydrogens is 260 g/mol. The Morgan fingerprint density at radius 3 is 2.42 bits per heavy atom. The van der Waals surface area contributed by atoms with Crippen LogP contribution < -0.4 is 11.1 Å². The van der Waals surface area contributed by atoms with Gasteiger partial charge < -0.3 is 11.1 Å². The minimum Gasteiger partial charge on any atom is -0.399 e. The Bertz CT molecular complexity index is 581. The average Bonchev–Trinajstić information content (AvgIpc) is 2.39. The smallest absolute Gasteiger partial charge is 0.253 e. The number of hydrogen-bond donors (Lipinski definition) is 2. The van der Waals surface area contributed by atoms with E-state index in [0.29, 0.717) is 16.3 Å². The third-order valence-electron chi connectivity index (χ3n) is 2.90. The van der Waals surface area contributed by atoms with Crippen LogP contribution in [0.25, 0.3) is 0 Å². The first-order valence-electron chi connectivity index (χ1n) is 5.99. The predicted octanol–water partition coefficient (Wildman–Crippen LogP) is 3.41. The molecule has 2 aromatic rings. The van der Waals surface area contributed by atoms with E-state index in [1.807, 2.05) is 31.2 Å². The fraction of sp³-hybridized carbons (Fsp3) is 0.133. The minimum absolute atomic E-state index is 0.107. The molecule has 1 amide bonds. The molecule has 0 aliphatic carbocycles. The van der Waals surface area contributed by atoms with Crippen molar-refractivity contribution in [3.8, 4) is 0 Å². The van der Waals surface area contributed by atoms with Crippen molar-refractivity contribution in [3.05, 3.63) is 64.7 Å². The van der Waals surface area contributed by atoms with E-state index >= 15 is 0 Å². The van der Waals surface area contributed by atoms with Crippen LogP contribution in [-0.2, 0) is 0 Å². The summed E-state index contributed by atoms with van der Waals surface area (Å²) in [7, 11) is 0. The molecule has 2 aromatic carbocycles. The molecule has 0 heterocycles. The van der Waals surface area contributed by atoms with Gasteiger partial charge >= 0.3 is 0 Å². The molecule has 0 aromatic heterocycles. The van der Waals surface area contributed by atoms with Crippen LogP contribution in [0, 0.1) is 0 Å². The molecule has 1 unspecified atom stereocenters. The van der Waals surface area contributed by atoms with Crippen LogP contribution in [0.1, 0.15) is 28.9 Å². The summed E-state index contributed by atoms with van der Waals surface area (Å²) in [6, 6.07) is 14.3. The van der Waals surface area contributed by atoms with Gasteiger partial charge in [0.05, 0.1) is 16.6 Å². The third-order valence-corrected chi connectivity index (χ3v) is 3.23. The average molecular weight is 275 g/mol. The standard InChI is InChI=1S/C15H15ClN2O/c1-10(11-6-8-12(17)9-7-11)18-15(19)13-4-2-3-5-14(13)16/h2-10H,17H2,1H3,(H,18,19). The van der Waals surface area contributed by atoms with Crippen LogP contribution in [0.5, 0.6) is 0 Å². The van der Waals surface area contributed by atoms with Gasteiger partial charge in [-0.05, 0) is 36.8 Å². The van der Waals surface area contributed by atoms with Gasteiger partial charge in [0.1, 0.15) is 0 Å². The second-order valence-corrected chi connectivity index (χ2v) is 4.75. The Morgan fingerprint density at radius 2 is 1.79 bits per heavy atom. The summed E-state index contributed by atoms with van der Waals surface area (Å²) in [5.41, 5.74) is 7.81. The van der Waals surface area contributed by atoms with Crippen LogP contribution in [0.3, 0.4) is 0 Å². The molecular formula is C15H15ClN2O. The summed E-state index contributed by atoms with van der Waals surface area (Å²) >= 11 is 5.99. The Labute approximate surface area is 117 Å². The molecule has 4 heteroatoms. The van der Waals surface area contributed by atoms with Crippen molar-refractivity contribution >= 4 is 23.2 Å². The summed E-state index contributed by atoms with van der Waals surface area (Å²) in [5, 5.41) is 3.36. The molecule has 98 valence electrons.